The Bertz CT molecular complexity index is 770. The Labute approximate surface area is 139 Å². The number of hydrogen-bond acceptors (Lipinski definition) is 6. The fourth-order valence-electron chi connectivity index (χ4n) is 1.80. The van der Waals surface area contributed by atoms with Crippen LogP contribution in [0, 0.1) is 0 Å². The number of nitrogens with zero attached hydrogens (tertiary/aromatic N) is 2. The molecule has 0 unspecified atom stereocenters. The first-order valence-electron chi connectivity index (χ1n) is 7.09. The molecule has 0 aliphatic heterocycles. The summed E-state index contributed by atoms with van der Waals surface area (Å²) in [7, 11) is -3.69. The molecule has 0 atom stereocenters. The largest absolute Gasteiger partial charge is 0.352 e. The molecule has 0 aliphatic rings. The molecule has 0 spiro atoms. The van der Waals surface area contributed by atoms with Gasteiger partial charge in [0.05, 0.1) is 4.90 Å². The molecule has 0 radical (unpaired) electrons. The zero-order valence-electron chi connectivity index (χ0n) is 12.9. The van der Waals surface area contributed by atoms with Gasteiger partial charge in [0.15, 0.2) is 0 Å². The van der Waals surface area contributed by atoms with Gasteiger partial charge in [-0.1, -0.05) is 30.4 Å². The SMILES string of the molecule is CCCc1nnc(NS(=O)(=O)c2ccc(CNC(C)=O)cc2)s1. The van der Waals surface area contributed by atoms with E-state index in [2.05, 4.69) is 20.2 Å². The number of amides is 1. The third kappa shape index (κ3) is 5.00. The number of sulfonamides is 1. The van der Waals surface area contributed by atoms with Crippen molar-refractivity contribution in [2.24, 2.45) is 0 Å². The number of carbonyl (C=O) groups is 1. The van der Waals surface area contributed by atoms with Crippen LogP contribution in [0.25, 0.3) is 0 Å². The molecular weight excluding hydrogens is 336 g/mol. The first-order valence-corrected chi connectivity index (χ1v) is 9.39. The van der Waals surface area contributed by atoms with Crippen molar-refractivity contribution in [2.75, 3.05) is 4.72 Å². The summed E-state index contributed by atoms with van der Waals surface area (Å²) in [6, 6.07) is 6.31. The second-order valence-corrected chi connectivity index (χ2v) is 7.65. The van der Waals surface area contributed by atoms with Gasteiger partial charge in [-0.15, -0.1) is 10.2 Å². The van der Waals surface area contributed by atoms with E-state index >= 15 is 0 Å². The number of aromatic nitrogens is 2. The van der Waals surface area contributed by atoms with Crippen molar-refractivity contribution in [3.8, 4) is 0 Å². The van der Waals surface area contributed by atoms with E-state index in [1.54, 1.807) is 12.1 Å². The maximum absolute atomic E-state index is 12.3. The highest BCUT2D eigenvalue weighted by molar-refractivity contribution is 7.93. The van der Waals surface area contributed by atoms with E-state index in [1.165, 1.54) is 30.4 Å². The maximum atomic E-state index is 12.3. The summed E-state index contributed by atoms with van der Waals surface area (Å²) in [4.78, 5) is 11.0. The fraction of sp³-hybridized carbons (Fsp3) is 0.357. The Morgan fingerprint density at radius 2 is 1.91 bits per heavy atom. The highest BCUT2D eigenvalue weighted by Gasteiger charge is 2.16. The van der Waals surface area contributed by atoms with Crippen molar-refractivity contribution in [1.29, 1.82) is 0 Å². The minimum Gasteiger partial charge on any atom is -0.352 e. The van der Waals surface area contributed by atoms with Crippen LogP contribution in [0.5, 0.6) is 0 Å². The lowest BCUT2D eigenvalue weighted by Gasteiger charge is -2.06. The summed E-state index contributed by atoms with van der Waals surface area (Å²) in [6.45, 7) is 3.81. The number of nitrogens with one attached hydrogen (secondary N) is 2. The van der Waals surface area contributed by atoms with Crippen molar-refractivity contribution in [3.63, 3.8) is 0 Å². The fourth-order valence-corrected chi connectivity index (χ4v) is 3.87. The highest BCUT2D eigenvalue weighted by Crippen LogP contribution is 2.21. The van der Waals surface area contributed by atoms with Crippen molar-refractivity contribution in [2.45, 2.75) is 38.1 Å². The molecule has 124 valence electrons. The van der Waals surface area contributed by atoms with Crippen molar-refractivity contribution < 1.29 is 13.2 Å². The maximum Gasteiger partial charge on any atom is 0.263 e. The Kier molecular flexibility index (Phi) is 5.67. The minimum absolute atomic E-state index is 0.135. The average Bonchev–Trinajstić information content (AvgIpc) is 2.92. The third-order valence-electron chi connectivity index (χ3n) is 2.93. The van der Waals surface area contributed by atoms with Gasteiger partial charge in [-0.05, 0) is 24.1 Å². The molecule has 1 aromatic heterocycles. The van der Waals surface area contributed by atoms with Gasteiger partial charge in [-0.3, -0.25) is 9.52 Å². The number of rotatable bonds is 7. The second-order valence-electron chi connectivity index (χ2n) is 4.91. The Morgan fingerprint density at radius 1 is 1.22 bits per heavy atom. The molecule has 1 aromatic carbocycles. The van der Waals surface area contributed by atoms with Crippen LogP contribution in [0.2, 0.25) is 0 Å². The molecule has 2 N–H and O–H groups in total. The Balaban J connectivity index is 2.07. The second kappa shape index (κ2) is 7.51. The molecule has 23 heavy (non-hydrogen) atoms. The predicted molar refractivity (Wildman–Crippen MR) is 88.7 cm³/mol. The van der Waals surface area contributed by atoms with Gasteiger partial charge >= 0.3 is 0 Å². The lowest BCUT2D eigenvalue weighted by Crippen LogP contribution is -2.19. The lowest BCUT2D eigenvalue weighted by atomic mass is 10.2. The molecule has 1 heterocycles. The quantitative estimate of drug-likeness (QED) is 0.791. The zero-order chi connectivity index (χ0) is 16.9. The van der Waals surface area contributed by atoms with Crippen LogP contribution in [0.3, 0.4) is 0 Å². The number of anilines is 1. The molecule has 0 saturated carbocycles. The van der Waals surface area contributed by atoms with E-state index < -0.39 is 10.0 Å². The molecule has 2 rings (SSSR count). The van der Waals surface area contributed by atoms with E-state index in [0.717, 1.165) is 23.4 Å². The summed E-state index contributed by atoms with van der Waals surface area (Å²) >= 11 is 1.23. The van der Waals surface area contributed by atoms with Gasteiger partial charge in [0, 0.05) is 19.9 Å². The normalized spacial score (nSPS) is 11.2. The lowest BCUT2D eigenvalue weighted by molar-refractivity contribution is -0.119. The third-order valence-corrected chi connectivity index (χ3v) is 5.31. The van der Waals surface area contributed by atoms with Gasteiger partial charge in [-0.2, -0.15) is 0 Å². The zero-order valence-corrected chi connectivity index (χ0v) is 14.5. The van der Waals surface area contributed by atoms with Crippen LogP contribution >= 0.6 is 11.3 Å². The van der Waals surface area contributed by atoms with E-state index in [9.17, 15) is 13.2 Å². The smallest absolute Gasteiger partial charge is 0.263 e. The van der Waals surface area contributed by atoms with E-state index in [1.807, 2.05) is 6.92 Å². The molecule has 9 heteroatoms. The van der Waals surface area contributed by atoms with Crippen LogP contribution in [0.4, 0.5) is 5.13 Å². The van der Waals surface area contributed by atoms with Gasteiger partial charge in [0.25, 0.3) is 10.0 Å². The van der Waals surface area contributed by atoms with Crippen LogP contribution in [0.1, 0.15) is 30.8 Å². The number of hydrogen-bond donors (Lipinski definition) is 2. The van der Waals surface area contributed by atoms with E-state index in [0.29, 0.717) is 6.54 Å². The van der Waals surface area contributed by atoms with Crippen molar-refractivity contribution in [3.05, 3.63) is 34.8 Å². The van der Waals surface area contributed by atoms with Gasteiger partial charge in [0.2, 0.25) is 11.0 Å². The number of carbonyl (C=O) groups excluding carboxylic acids is 1. The van der Waals surface area contributed by atoms with Crippen molar-refractivity contribution in [1.82, 2.24) is 15.5 Å². The standard InChI is InChI=1S/C14H18N4O3S2/c1-3-4-13-16-17-14(22-13)18-23(20,21)12-7-5-11(6-8-12)9-15-10(2)19/h5-8H,3-4,9H2,1-2H3,(H,15,19)(H,17,18). The van der Waals surface area contributed by atoms with Crippen LogP contribution in [0.15, 0.2) is 29.2 Å². The minimum atomic E-state index is -3.69. The molecule has 7 nitrogen and oxygen atoms in total. The first kappa shape index (κ1) is 17.4. The average molecular weight is 354 g/mol. The molecule has 2 aromatic rings. The van der Waals surface area contributed by atoms with E-state index in [4.69, 9.17) is 0 Å². The summed E-state index contributed by atoms with van der Waals surface area (Å²) in [5.41, 5.74) is 0.820. The predicted octanol–water partition coefficient (Wildman–Crippen LogP) is 1.93. The van der Waals surface area contributed by atoms with E-state index in [-0.39, 0.29) is 15.9 Å². The van der Waals surface area contributed by atoms with Crippen LogP contribution in [-0.2, 0) is 27.8 Å². The number of aryl methyl sites for hydroxylation is 1. The van der Waals surface area contributed by atoms with Gasteiger partial charge < -0.3 is 5.32 Å². The summed E-state index contributed by atoms with van der Waals surface area (Å²) in [5.74, 6) is -0.137. The Morgan fingerprint density at radius 3 is 2.52 bits per heavy atom. The molecule has 0 fully saturated rings. The van der Waals surface area contributed by atoms with Crippen molar-refractivity contribution >= 4 is 32.4 Å². The van der Waals surface area contributed by atoms with Gasteiger partial charge in [0.1, 0.15) is 5.01 Å². The first-order chi connectivity index (χ1) is 10.9. The number of benzene rings is 1. The highest BCUT2D eigenvalue weighted by atomic mass is 32.2. The monoisotopic (exact) mass is 354 g/mol. The van der Waals surface area contributed by atoms with Crippen LogP contribution in [-0.4, -0.2) is 24.5 Å². The molecule has 1 amide bonds. The molecule has 0 bridgehead atoms. The Hall–Kier alpha value is -2.00. The molecular formula is C14H18N4O3S2. The summed E-state index contributed by atoms with van der Waals surface area (Å²) in [6.07, 6.45) is 1.70. The molecule has 0 aliphatic carbocycles. The summed E-state index contributed by atoms with van der Waals surface area (Å²) < 4.78 is 27.0. The topological polar surface area (TPSA) is 101 Å². The van der Waals surface area contributed by atoms with Gasteiger partial charge in [-0.25, -0.2) is 8.42 Å². The van der Waals surface area contributed by atoms with Crippen LogP contribution < -0.4 is 10.0 Å². The summed E-state index contributed by atoms with van der Waals surface area (Å²) in [5, 5.41) is 11.5. The molecule has 0 saturated heterocycles.